The molecule has 2 aliphatic rings. The van der Waals surface area contributed by atoms with E-state index >= 15 is 0 Å². The first-order valence-electron chi connectivity index (χ1n) is 6.68. The van der Waals surface area contributed by atoms with Crippen LogP contribution in [0.5, 0.6) is 0 Å². The maximum Gasteiger partial charge on any atom is 0.228 e. The zero-order valence-corrected chi connectivity index (χ0v) is 12.2. The Morgan fingerprint density at radius 1 is 0.864 bits per heavy atom. The molecule has 0 saturated carbocycles. The van der Waals surface area contributed by atoms with Gasteiger partial charge >= 0.3 is 0 Å². The summed E-state index contributed by atoms with van der Waals surface area (Å²) in [6.07, 6.45) is 0.753. The molecule has 0 fully saturated rings. The smallest absolute Gasteiger partial charge is 0.228 e. The van der Waals surface area contributed by atoms with Gasteiger partial charge in [0.2, 0.25) is 11.8 Å². The van der Waals surface area contributed by atoms with Crippen LogP contribution in [0.1, 0.15) is 11.1 Å². The van der Waals surface area contributed by atoms with Crippen molar-refractivity contribution in [3.8, 4) is 0 Å². The predicted octanol–water partition coefficient (Wildman–Crippen LogP) is 3.15. The van der Waals surface area contributed by atoms with Crippen LogP contribution in [0.25, 0.3) is 0 Å². The van der Waals surface area contributed by atoms with Gasteiger partial charge in [0.1, 0.15) is 5.82 Å². The lowest BCUT2D eigenvalue weighted by molar-refractivity contribution is -0.115. The van der Waals surface area contributed by atoms with Gasteiger partial charge in [-0.2, -0.15) is 0 Å². The minimum atomic E-state index is -0.291. The van der Waals surface area contributed by atoms with Gasteiger partial charge in [0.15, 0.2) is 0 Å². The van der Waals surface area contributed by atoms with Crippen LogP contribution >= 0.6 is 11.6 Å². The van der Waals surface area contributed by atoms with E-state index < -0.39 is 0 Å². The van der Waals surface area contributed by atoms with Crippen molar-refractivity contribution in [3.63, 3.8) is 0 Å². The van der Waals surface area contributed by atoms with Gasteiger partial charge in [-0.1, -0.05) is 11.6 Å². The fourth-order valence-corrected chi connectivity index (χ4v) is 2.59. The zero-order chi connectivity index (χ0) is 15.7. The molecule has 6 heteroatoms. The second-order valence-electron chi connectivity index (χ2n) is 5.05. The fourth-order valence-electron chi connectivity index (χ4n) is 2.40. The number of fused-ring (bicyclic) bond motifs is 2. The van der Waals surface area contributed by atoms with Crippen molar-refractivity contribution in [1.82, 2.24) is 0 Å². The van der Waals surface area contributed by atoms with Crippen molar-refractivity contribution < 1.29 is 14.0 Å². The average Bonchev–Trinajstić information content (AvgIpc) is 2.99. The Bertz CT molecular complexity index is 711. The third kappa shape index (κ3) is 3.09. The van der Waals surface area contributed by atoms with E-state index in [-0.39, 0.29) is 17.6 Å². The summed E-state index contributed by atoms with van der Waals surface area (Å²) in [5.41, 5.74) is 3.35. The molecule has 2 N–H and O–H groups in total. The summed E-state index contributed by atoms with van der Waals surface area (Å²) in [6.45, 7) is 0. The molecule has 22 heavy (non-hydrogen) atoms. The number of hydrogen-bond acceptors (Lipinski definition) is 2. The van der Waals surface area contributed by atoms with E-state index in [0.29, 0.717) is 17.9 Å². The molecule has 0 aliphatic carbocycles. The first-order valence-corrected chi connectivity index (χ1v) is 7.05. The third-order valence-corrected chi connectivity index (χ3v) is 3.62. The standard InChI is InChI=1S/C8H6ClNO.C8H6FNO/c2*9-6-1-2-7-5(3-6)4-8(11)10-7/h2*1-3H,4H2,(H,10,11). The van der Waals surface area contributed by atoms with E-state index in [0.717, 1.165) is 22.5 Å². The summed E-state index contributed by atoms with van der Waals surface area (Å²) in [4.78, 5) is 21.6. The highest BCUT2D eigenvalue weighted by Crippen LogP contribution is 2.25. The largest absolute Gasteiger partial charge is 0.326 e. The lowest BCUT2D eigenvalue weighted by Gasteiger charge is -1.96. The van der Waals surface area contributed by atoms with Crippen LogP contribution in [-0.4, -0.2) is 11.8 Å². The summed E-state index contributed by atoms with van der Waals surface area (Å²) in [5, 5.41) is 6.03. The summed E-state index contributed by atoms with van der Waals surface area (Å²) < 4.78 is 12.5. The molecule has 112 valence electrons. The zero-order valence-electron chi connectivity index (χ0n) is 11.5. The first kappa shape index (κ1) is 14.5. The minimum Gasteiger partial charge on any atom is -0.326 e. The maximum atomic E-state index is 12.5. The molecule has 0 bridgehead atoms. The van der Waals surface area contributed by atoms with E-state index in [1.165, 1.54) is 12.1 Å². The molecule has 0 spiro atoms. The van der Waals surface area contributed by atoms with Gasteiger partial charge < -0.3 is 10.6 Å². The van der Waals surface area contributed by atoms with Crippen molar-refractivity contribution in [2.45, 2.75) is 12.8 Å². The highest BCUT2D eigenvalue weighted by Gasteiger charge is 2.17. The van der Waals surface area contributed by atoms with Gasteiger partial charge in [-0.25, -0.2) is 4.39 Å². The predicted molar refractivity (Wildman–Crippen MR) is 82.5 cm³/mol. The number of amides is 2. The maximum absolute atomic E-state index is 12.5. The summed E-state index contributed by atoms with van der Waals surface area (Å²) in [6, 6.07) is 9.70. The van der Waals surface area contributed by atoms with Crippen LogP contribution in [0, 0.1) is 5.82 Å². The van der Waals surface area contributed by atoms with E-state index in [4.69, 9.17) is 11.6 Å². The highest BCUT2D eigenvalue weighted by atomic mass is 35.5. The van der Waals surface area contributed by atoms with Crippen LogP contribution in [0.2, 0.25) is 5.02 Å². The SMILES string of the molecule is O=C1Cc2cc(Cl)ccc2N1.O=C1Cc2cc(F)ccc2N1. The van der Waals surface area contributed by atoms with Crippen molar-refractivity contribution in [2.24, 2.45) is 0 Å². The van der Waals surface area contributed by atoms with Gasteiger partial charge in [0.25, 0.3) is 0 Å². The molecule has 4 nitrogen and oxygen atoms in total. The van der Waals surface area contributed by atoms with Crippen LogP contribution in [-0.2, 0) is 22.4 Å². The number of carbonyl (C=O) groups excluding carboxylic acids is 2. The number of benzene rings is 2. The van der Waals surface area contributed by atoms with Crippen LogP contribution in [0.15, 0.2) is 36.4 Å². The van der Waals surface area contributed by atoms with Gasteiger partial charge in [-0.15, -0.1) is 0 Å². The second-order valence-corrected chi connectivity index (χ2v) is 5.49. The molecule has 4 rings (SSSR count). The Morgan fingerprint density at radius 2 is 1.41 bits per heavy atom. The fraction of sp³-hybridized carbons (Fsp3) is 0.125. The Hall–Kier alpha value is -2.40. The quantitative estimate of drug-likeness (QED) is 0.784. The topological polar surface area (TPSA) is 58.2 Å². The van der Waals surface area contributed by atoms with Gasteiger partial charge in [0.05, 0.1) is 12.8 Å². The van der Waals surface area contributed by atoms with Crippen molar-refractivity contribution in [3.05, 3.63) is 58.4 Å². The van der Waals surface area contributed by atoms with Crippen molar-refractivity contribution in [2.75, 3.05) is 10.6 Å². The Kier molecular flexibility index (Phi) is 3.81. The number of anilines is 2. The number of rotatable bonds is 0. The lowest BCUT2D eigenvalue weighted by atomic mass is 10.2. The van der Waals surface area contributed by atoms with E-state index in [1.807, 2.05) is 12.1 Å². The van der Waals surface area contributed by atoms with Crippen molar-refractivity contribution in [1.29, 1.82) is 0 Å². The molecule has 2 aromatic rings. The number of halogens is 2. The van der Waals surface area contributed by atoms with Crippen LogP contribution in [0.3, 0.4) is 0 Å². The number of nitrogens with one attached hydrogen (secondary N) is 2. The Labute approximate surface area is 131 Å². The van der Waals surface area contributed by atoms with Gasteiger partial charge in [0, 0.05) is 16.4 Å². The summed E-state index contributed by atoms with van der Waals surface area (Å²) in [5.74, 6) is -0.312. The molecule has 0 unspecified atom stereocenters. The first-order chi connectivity index (χ1) is 10.5. The van der Waals surface area contributed by atoms with Crippen molar-refractivity contribution >= 4 is 34.8 Å². The second kappa shape index (κ2) is 5.77. The van der Waals surface area contributed by atoms with E-state index in [1.54, 1.807) is 12.1 Å². The molecule has 0 saturated heterocycles. The van der Waals surface area contributed by atoms with Gasteiger partial charge in [-0.3, -0.25) is 9.59 Å². The Morgan fingerprint density at radius 3 is 2.05 bits per heavy atom. The average molecular weight is 319 g/mol. The Balaban J connectivity index is 0.000000131. The van der Waals surface area contributed by atoms with E-state index in [9.17, 15) is 14.0 Å². The molecule has 0 radical (unpaired) electrons. The normalized spacial score (nSPS) is 14.5. The van der Waals surface area contributed by atoms with E-state index in [2.05, 4.69) is 10.6 Å². The molecule has 2 amide bonds. The minimum absolute atomic E-state index is 0.0438. The molecular weight excluding hydrogens is 307 g/mol. The molecule has 0 aromatic heterocycles. The summed E-state index contributed by atoms with van der Waals surface area (Å²) >= 11 is 5.73. The third-order valence-electron chi connectivity index (χ3n) is 3.38. The molecule has 2 aliphatic heterocycles. The van der Waals surface area contributed by atoms with Gasteiger partial charge in [-0.05, 0) is 47.5 Å². The lowest BCUT2D eigenvalue weighted by Crippen LogP contribution is -2.03. The van der Waals surface area contributed by atoms with Crippen LogP contribution in [0.4, 0.5) is 15.8 Å². The molecule has 0 atom stereocenters. The number of carbonyl (C=O) groups is 2. The molecular formula is C16H12ClFN2O2. The summed E-state index contributed by atoms with van der Waals surface area (Å²) in [7, 11) is 0. The molecule has 2 aromatic carbocycles. The van der Waals surface area contributed by atoms with Crippen LogP contribution < -0.4 is 10.6 Å². The molecule has 2 heterocycles. The monoisotopic (exact) mass is 318 g/mol. The highest BCUT2D eigenvalue weighted by molar-refractivity contribution is 6.30. The number of hydrogen-bond donors (Lipinski definition) is 2.